The van der Waals surface area contributed by atoms with E-state index in [1.807, 2.05) is 34.6 Å². The van der Waals surface area contributed by atoms with E-state index in [0.29, 0.717) is 26.2 Å². The first kappa shape index (κ1) is 28.6. The second kappa shape index (κ2) is 15.1. The largest absolute Gasteiger partial charge is 0.511 e. The molecule has 0 heterocycles. The van der Waals surface area contributed by atoms with Crippen LogP contribution in [0.3, 0.4) is 0 Å². The quantitative estimate of drug-likeness (QED) is 0.186. The van der Waals surface area contributed by atoms with Crippen LogP contribution in [-0.2, 0) is 31.2 Å². The minimum absolute atomic E-state index is 0. The summed E-state index contributed by atoms with van der Waals surface area (Å²) in [5.74, 6) is 0.275. The Bertz CT molecular complexity index is 345. The van der Waals surface area contributed by atoms with E-state index in [-0.39, 0.29) is 51.9 Å². The third-order valence-electron chi connectivity index (χ3n) is 2.95. The number of rotatable bonds is 9. The van der Waals surface area contributed by atoms with Crippen molar-refractivity contribution in [2.45, 2.75) is 41.0 Å². The van der Waals surface area contributed by atoms with Gasteiger partial charge in [-0.25, -0.2) is 0 Å². The van der Waals surface area contributed by atoms with E-state index in [2.05, 4.69) is 0 Å². The van der Waals surface area contributed by atoms with Gasteiger partial charge < -0.3 is 24.8 Å². The first-order chi connectivity index (χ1) is 10.5. The van der Waals surface area contributed by atoms with Crippen LogP contribution in [0.1, 0.15) is 41.0 Å². The number of hydrogen-bond donors (Lipinski definition) is 3. The molecule has 4 N–H and O–H groups in total. The predicted octanol–water partition coefficient (Wildman–Crippen LogP) is 2.07. The van der Waals surface area contributed by atoms with Gasteiger partial charge in [0.05, 0.1) is 31.3 Å². The first-order valence-corrected chi connectivity index (χ1v) is 7.78. The topological polar surface area (TPSA) is 101 Å². The first-order valence-electron chi connectivity index (χ1n) is 7.78. The number of aliphatic hydroxyl groups excluding tert-OH is 3. The number of allylic oxidation sites excluding steroid dienone is 1. The molecule has 6 nitrogen and oxygen atoms in total. The molecule has 142 valence electrons. The van der Waals surface area contributed by atoms with E-state index in [1.165, 1.54) is 6.08 Å². The molecule has 0 aromatic carbocycles. The van der Waals surface area contributed by atoms with Crippen molar-refractivity contribution in [3.8, 4) is 0 Å². The van der Waals surface area contributed by atoms with E-state index in [1.54, 1.807) is 7.11 Å². The molecule has 0 aromatic heterocycles. The number of ether oxygens (including phenoxy) is 2. The van der Waals surface area contributed by atoms with Crippen molar-refractivity contribution < 1.29 is 51.3 Å². The van der Waals surface area contributed by atoms with E-state index < -0.39 is 5.41 Å². The molecular weight excluding hydrogens is 348 g/mol. The molecule has 0 rings (SSSR count). The van der Waals surface area contributed by atoms with Crippen molar-refractivity contribution in [1.29, 1.82) is 0 Å². The fraction of sp³-hybridized carbons (Fsp3) is 0.824. The molecule has 0 aliphatic heterocycles. The fourth-order valence-corrected chi connectivity index (χ4v) is 1.16. The van der Waals surface area contributed by atoms with E-state index in [9.17, 15) is 9.90 Å². The smallest absolute Gasteiger partial charge is 0.325 e. The average Bonchev–Trinajstić information content (AvgIpc) is 2.44. The van der Waals surface area contributed by atoms with Crippen LogP contribution in [0.5, 0.6) is 0 Å². The van der Waals surface area contributed by atoms with Gasteiger partial charge in [-0.1, -0.05) is 13.8 Å². The molecule has 0 saturated heterocycles. The van der Waals surface area contributed by atoms with Crippen molar-refractivity contribution in [1.82, 2.24) is 0 Å². The molecule has 0 bridgehead atoms. The van der Waals surface area contributed by atoms with Gasteiger partial charge in [0.2, 0.25) is 0 Å². The maximum absolute atomic E-state index is 10.0. The maximum Gasteiger partial charge on any atom is 0.325 e. The van der Waals surface area contributed by atoms with Crippen LogP contribution >= 0.6 is 0 Å². The summed E-state index contributed by atoms with van der Waals surface area (Å²) in [6, 6.07) is 0. The van der Waals surface area contributed by atoms with Crippen LogP contribution in [-0.4, -0.2) is 66.0 Å². The van der Waals surface area contributed by atoms with Gasteiger partial charge in [0.15, 0.2) is 0 Å². The van der Waals surface area contributed by atoms with Gasteiger partial charge in [0.25, 0.3) is 0 Å². The van der Waals surface area contributed by atoms with Gasteiger partial charge in [0.1, 0.15) is 5.76 Å². The second-order valence-corrected chi connectivity index (χ2v) is 6.89. The zero-order chi connectivity index (χ0) is 18.5. The molecule has 24 heavy (non-hydrogen) atoms. The number of hydrogen-bond acceptors (Lipinski definition) is 5. The van der Waals surface area contributed by atoms with Gasteiger partial charge in [-0.2, -0.15) is 0 Å². The summed E-state index contributed by atoms with van der Waals surface area (Å²) in [5.41, 5.74) is -0.909. The minimum atomic E-state index is -0.535. The fourth-order valence-electron chi connectivity index (χ4n) is 1.16. The molecule has 0 fully saturated rings. The summed E-state index contributed by atoms with van der Waals surface area (Å²) in [6.45, 7) is 10.9. The van der Waals surface area contributed by atoms with Crippen LogP contribution in [0.2, 0.25) is 0 Å². The van der Waals surface area contributed by atoms with Gasteiger partial charge in [-0.3, -0.25) is 4.79 Å². The van der Waals surface area contributed by atoms with Crippen molar-refractivity contribution in [2.24, 2.45) is 10.8 Å². The van der Waals surface area contributed by atoms with Crippen molar-refractivity contribution >= 4 is 5.78 Å². The summed E-state index contributed by atoms with van der Waals surface area (Å²) in [5, 5.41) is 25.8. The van der Waals surface area contributed by atoms with Crippen LogP contribution in [0.25, 0.3) is 0 Å². The standard InChI is InChI=1S/C14H26O4.C3H8O2.Ti/c1-13(2,3)11(15)9-12(16)14(4,5)10-18-8-7-17-6;4-2-1-3-5;/h9,16H,7-8,10H2,1-6H3;4-5H,1-3H2;/p+1/b12-9-;;. The Hall–Kier alpha value is -0.236. The number of ketones is 1. The van der Waals surface area contributed by atoms with Crippen LogP contribution in [0.4, 0.5) is 0 Å². The van der Waals surface area contributed by atoms with Gasteiger partial charge in [-0.05, 0) is 27.2 Å². The summed E-state index contributed by atoms with van der Waals surface area (Å²) >= 11 is 0. The summed E-state index contributed by atoms with van der Waals surface area (Å²) in [6.07, 6.45) is 1.92. The Morgan fingerprint density at radius 2 is 1.54 bits per heavy atom. The van der Waals surface area contributed by atoms with Crippen LogP contribution < -0.4 is 0 Å². The molecule has 0 aromatic rings. The monoisotopic (exact) mass is 383 g/mol. The molecule has 0 amide bonds. The zero-order valence-electron chi connectivity index (χ0n) is 15.9. The summed E-state index contributed by atoms with van der Waals surface area (Å²) < 4.78 is 10.3. The van der Waals surface area contributed by atoms with E-state index in [0.717, 1.165) is 0 Å². The molecule has 0 spiro atoms. The number of aliphatic hydroxyl groups is 3. The normalized spacial score (nSPS) is 12.1. The predicted molar refractivity (Wildman–Crippen MR) is 92.4 cm³/mol. The van der Waals surface area contributed by atoms with Gasteiger partial charge in [0, 0.05) is 47.5 Å². The molecule has 0 atom stereocenters. The third kappa shape index (κ3) is 15.3. The number of methoxy groups -OCH3 is 1. The molecule has 0 radical (unpaired) electrons. The zero-order valence-corrected chi connectivity index (χ0v) is 17.5. The van der Waals surface area contributed by atoms with E-state index >= 15 is 0 Å². The molecule has 7 heteroatoms. The summed E-state index contributed by atoms with van der Waals surface area (Å²) in [4.78, 5) is 9.85. The maximum atomic E-state index is 10.0. The average molecular weight is 383 g/mol. The minimum Gasteiger partial charge on any atom is -0.511 e. The number of carbonyl (C=O) groups excluding carboxylic acids is 1. The van der Waals surface area contributed by atoms with Gasteiger partial charge in [-0.15, -0.1) is 0 Å². The second-order valence-electron chi connectivity index (χ2n) is 6.89. The van der Waals surface area contributed by atoms with Crippen molar-refractivity contribution in [3.63, 3.8) is 0 Å². The molecule has 0 saturated carbocycles. The van der Waals surface area contributed by atoms with Crippen molar-refractivity contribution in [2.75, 3.05) is 40.1 Å². The van der Waals surface area contributed by atoms with Gasteiger partial charge >= 0.3 is 5.78 Å². The Morgan fingerprint density at radius 1 is 1.04 bits per heavy atom. The Balaban J connectivity index is -0.000000639. The third-order valence-corrected chi connectivity index (χ3v) is 2.95. The SMILES string of the molecule is COCCOCC(C)(C)/C(O)=C/C(=[OH+])C(C)(C)C.OCCCO.[Ti]. The molecule has 0 aliphatic carbocycles. The Kier molecular flexibility index (Phi) is 17.9. The Labute approximate surface area is 161 Å². The van der Waals surface area contributed by atoms with E-state index in [4.69, 9.17) is 19.7 Å². The Morgan fingerprint density at radius 3 is 1.88 bits per heavy atom. The molecular formula is C17H35O6Ti+. The van der Waals surface area contributed by atoms with Crippen LogP contribution in [0, 0.1) is 10.8 Å². The van der Waals surface area contributed by atoms with Crippen molar-refractivity contribution in [3.05, 3.63) is 11.8 Å². The molecule has 0 aliphatic rings. The molecule has 0 unspecified atom stereocenters. The summed E-state index contributed by atoms with van der Waals surface area (Å²) in [7, 11) is 1.61. The van der Waals surface area contributed by atoms with Crippen LogP contribution in [0.15, 0.2) is 11.8 Å².